The molecule has 28 heavy (non-hydrogen) atoms. The summed E-state index contributed by atoms with van der Waals surface area (Å²) in [5.74, 6) is -0.0229. The number of nitrogens with one attached hydrogen (secondary N) is 1. The smallest absolute Gasteiger partial charge is 0.344 e. The van der Waals surface area contributed by atoms with E-state index in [1.54, 1.807) is 24.3 Å². The molecule has 1 atom stereocenters. The van der Waals surface area contributed by atoms with Gasteiger partial charge in [-0.3, -0.25) is 4.79 Å². The van der Waals surface area contributed by atoms with Crippen molar-refractivity contribution < 1.29 is 19.1 Å². The van der Waals surface area contributed by atoms with E-state index in [1.807, 2.05) is 19.1 Å². The number of hydrogen-bond acceptors (Lipinski definition) is 4. The summed E-state index contributed by atoms with van der Waals surface area (Å²) in [5.41, 5.74) is 2.26. The van der Waals surface area contributed by atoms with E-state index in [1.165, 1.54) is 5.56 Å². The minimum atomic E-state index is -0.638. The van der Waals surface area contributed by atoms with E-state index in [0.29, 0.717) is 16.7 Å². The number of benzene rings is 2. The van der Waals surface area contributed by atoms with Gasteiger partial charge in [-0.25, -0.2) is 4.79 Å². The summed E-state index contributed by atoms with van der Waals surface area (Å²) in [6.07, 6.45) is 1.02. The molecule has 0 aliphatic carbocycles. The van der Waals surface area contributed by atoms with Gasteiger partial charge in [0.1, 0.15) is 5.75 Å². The van der Waals surface area contributed by atoms with Gasteiger partial charge >= 0.3 is 5.97 Å². The molecule has 5 nitrogen and oxygen atoms in total. The Hall–Kier alpha value is -2.53. The highest BCUT2D eigenvalue weighted by molar-refractivity contribution is 6.32. The van der Waals surface area contributed by atoms with Crippen LogP contribution < -0.4 is 10.1 Å². The van der Waals surface area contributed by atoms with E-state index in [9.17, 15) is 9.59 Å². The highest BCUT2D eigenvalue weighted by atomic mass is 35.5. The van der Waals surface area contributed by atoms with Gasteiger partial charge in [-0.2, -0.15) is 0 Å². The lowest BCUT2D eigenvalue weighted by Gasteiger charge is -2.15. The van der Waals surface area contributed by atoms with E-state index in [4.69, 9.17) is 21.1 Å². The van der Waals surface area contributed by atoms with Gasteiger partial charge in [-0.1, -0.05) is 61.8 Å². The minimum absolute atomic E-state index is 0.182. The number of rotatable bonds is 9. The van der Waals surface area contributed by atoms with Crippen molar-refractivity contribution in [3.8, 4) is 5.75 Å². The van der Waals surface area contributed by atoms with Crippen molar-refractivity contribution in [2.75, 3.05) is 13.2 Å². The molecule has 150 valence electrons. The molecule has 2 aromatic carbocycles. The molecule has 0 aliphatic rings. The minimum Gasteiger partial charge on any atom is -0.480 e. The first-order valence-electron chi connectivity index (χ1n) is 9.26. The highest BCUT2D eigenvalue weighted by Gasteiger charge is 2.13. The van der Waals surface area contributed by atoms with Crippen molar-refractivity contribution in [3.05, 3.63) is 64.7 Å². The van der Waals surface area contributed by atoms with Gasteiger partial charge in [-0.05, 0) is 42.5 Å². The molecule has 1 amide bonds. The van der Waals surface area contributed by atoms with Crippen molar-refractivity contribution in [1.29, 1.82) is 0 Å². The van der Waals surface area contributed by atoms with Gasteiger partial charge in [0.15, 0.2) is 13.2 Å². The van der Waals surface area contributed by atoms with Crippen LogP contribution in [-0.4, -0.2) is 25.1 Å². The monoisotopic (exact) mass is 403 g/mol. The summed E-state index contributed by atoms with van der Waals surface area (Å²) in [6, 6.07) is 14.8. The quantitative estimate of drug-likeness (QED) is 0.632. The SMILES string of the molecule is CC(C)Cc1ccc([C@@H](C)NC(=O)COC(=O)COc2ccccc2Cl)cc1. The van der Waals surface area contributed by atoms with Gasteiger partial charge in [0, 0.05) is 0 Å². The number of carbonyl (C=O) groups is 2. The van der Waals surface area contributed by atoms with E-state index in [0.717, 1.165) is 12.0 Å². The summed E-state index contributed by atoms with van der Waals surface area (Å²) in [7, 11) is 0. The summed E-state index contributed by atoms with van der Waals surface area (Å²) < 4.78 is 10.2. The maximum Gasteiger partial charge on any atom is 0.344 e. The molecular formula is C22H26ClNO4. The second kappa shape index (κ2) is 10.7. The summed E-state index contributed by atoms with van der Waals surface area (Å²) in [4.78, 5) is 23.8. The summed E-state index contributed by atoms with van der Waals surface area (Å²) in [6.45, 7) is 5.57. The Bertz CT molecular complexity index is 789. The number of ether oxygens (including phenoxy) is 2. The van der Waals surface area contributed by atoms with Crippen LogP contribution in [-0.2, 0) is 20.7 Å². The van der Waals surface area contributed by atoms with Crippen LogP contribution in [0.2, 0.25) is 5.02 Å². The third-order valence-corrected chi connectivity index (χ3v) is 4.36. The molecule has 0 bridgehead atoms. The number of para-hydroxylation sites is 1. The van der Waals surface area contributed by atoms with E-state index >= 15 is 0 Å². The summed E-state index contributed by atoms with van der Waals surface area (Å²) in [5, 5.41) is 3.22. The maximum atomic E-state index is 12.0. The average molecular weight is 404 g/mol. The zero-order valence-electron chi connectivity index (χ0n) is 16.4. The van der Waals surface area contributed by atoms with Crippen LogP contribution in [0.15, 0.2) is 48.5 Å². The van der Waals surface area contributed by atoms with Gasteiger partial charge in [0.2, 0.25) is 0 Å². The molecule has 2 aromatic rings. The lowest BCUT2D eigenvalue weighted by Crippen LogP contribution is -2.32. The molecule has 0 saturated carbocycles. The molecule has 0 spiro atoms. The Morgan fingerprint density at radius 2 is 1.68 bits per heavy atom. The fourth-order valence-corrected chi connectivity index (χ4v) is 2.86. The van der Waals surface area contributed by atoms with Crippen molar-refractivity contribution in [2.45, 2.75) is 33.2 Å². The Labute approximate surface area is 171 Å². The van der Waals surface area contributed by atoms with Gasteiger partial charge in [0.25, 0.3) is 5.91 Å². The molecule has 0 unspecified atom stereocenters. The van der Waals surface area contributed by atoms with Crippen LogP contribution in [0.25, 0.3) is 0 Å². The van der Waals surface area contributed by atoms with E-state index < -0.39 is 5.97 Å². The Morgan fingerprint density at radius 3 is 2.32 bits per heavy atom. The topological polar surface area (TPSA) is 64.6 Å². The normalized spacial score (nSPS) is 11.8. The van der Waals surface area contributed by atoms with Crippen LogP contribution in [0.4, 0.5) is 0 Å². The Morgan fingerprint density at radius 1 is 1.00 bits per heavy atom. The summed E-state index contributed by atoms with van der Waals surface area (Å²) >= 11 is 5.94. The second-order valence-corrected chi connectivity index (χ2v) is 7.42. The zero-order chi connectivity index (χ0) is 20.5. The van der Waals surface area contributed by atoms with Crippen LogP contribution in [0.1, 0.15) is 37.9 Å². The van der Waals surface area contributed by atoms with E-state index in [-0.39, 0.29) is 25.2 Å². The van der Waals surface area contributed by atoms with Crippen molar-refractivity contribution >= 4 is 23.5 Å². The molecule has 0 aliphatic heterocycles. The Kier molecular flexibility index (Phi) is 8.33. The van der Waals surface area contributed by atoms with Crippen LogP contribution >= 0.6 is 11.6 Å². The predicted octanol–water partition coefficient (Wildman–Crippen LogP) is 4.34. The largest absolute Gasteiger partial charge is 0.480 e. The zero-order valence-corrected chi connectivity index (χ0v) is 17.2. The van der Waals surface area contributed by atoms with Crippen LogP contribution in [0.5, 0.6) is 5.75 Å². The molecule has 0 fully saturated rings. The lowest BCUT2D eigenvalue weighted by molar-refractivity contribution is -0.150. The van der Waals surface area contributed by atoms with E-state index in [2.05, 4.69) is 31.3 Å². The second-order valence-electron chi connectivity index (χ2n) is 7.01. The maximum absolute atomic E-state index is 12.0. The molecule has 0 radical (unpaired) electrons. The molecule has 2 rings (SSSR count). The number of esters is 1. The average Bonchev–Trinajstić information content (AvgIpc) is 2.65. The first-order chi connectivity index (χ1) is 13.3. The molecule has 1 N–H and O–H groups in total. The first-order valence-corrected chi connectivity index (χ1v) is 9.64. The van der Waals surface area contributed by atoms with Crippen LogP contribution in [0, 0.1) is 5.92 Å². The number of hydrogen-bond donors (Lipinski definition) is 1. The molecule has 0 heterocycles. The number of carbonyl (C=O) groups excluding carboxylic acids is 2. The van der Waals surface area contributed by atoms with Crippen molar-refractivity contribution in [2.24, 2.45) is 5.92 Å². The predicted molar refractivity (Wildman–Crippen MR) is 109 cm³/mol. The van der Waals surface area contributed by atoms with Gasteiger partial charge in [-0.15, -0.1) is 0 Å². The molecule has 6 heteroatoms. The lowest BCUT2D eigenvalue weighted by atomic mass is 10.00. The highest BCUT2D eigenvalue weighted by Crippen LogP contribution is 2.22. The standard InChI is InChI=1S/C22H26ClNO4/c1-15(2)12-17-8-10-18(11-9-17)16(3)24-21(25)13-28-22(26)14-27-20-7-5-4-6-19(20)23/h4-11,15-16H,12-14H2,1-3H3,(H,24,25)/t16-/m1/s1. The number of halogens is 1. The molecule has 0 aromatic heterocycles. The fourth-order valence-electron chi connectivity index (χ4n) is 2.67. The van der Waals surface area contributed by atoms with Crippen molar-refractivity contribution in [1.82, 2.24) is 5.32 Å². The number of amides is 1. The Balaban J connectivity index is 1.73. The fraction of sp³-hybridized carbons (Fsp3) is 0.364. The van der Waals surface area contributed by atoms with Gasteiger partial charge in [0.05, 0.1) is 11.1 Å². The third kappa shape index (κ3) is 7.24. The first kappa shape index (κ1) is 21.8. The third-order valence-electron chi connectivity index (χ3n) is 4.05. The molecular weight excluding hydrogens is 378 g/mol. The van der Waals surface area contributed by atoms with Gasteiger partial charge < -0.3 is 14.8 Å². The van der Waals surface area contributed by atoms with Crippen molar-refractivity contribution in [3.63, 3.8) is 0 Å². The van der Waals surface area contributed by atoms with Crippen LogP contribution in [0.3, 0.4) is 0 Å². The molecule has 0 saturated heterocycles.